The fraction of sp³-hybridized carbons (Fsp3) is 0.600. The van der Waals surface area contributed by atoms with Crippen LogP contribution in [0.15, 0.2) is 18.2 Å². The van der Waals surface area contributed by atoms with Gasteiger partial charge in [0.05, 0.1) is 0 Å². The van der Waals surface area contributed by atoms with Crippen LogP contribution in [0.1, 0.15) is 37.8 Å². The van der Waals surface area contributed by atoms with Crippen molar-refractivity contribution in [2.75, 3.05) is 18.1 Å². The first-order valence-corrected chi connectivity index (χ1v) is 8.55. The van der Waals surface area contributed by atoms with Crippen molar-refractivity contribution in [3.05, 3.63) is 28.8 Å². The van der Waals surface area contributed by atoms with E-state index in [1.807, 2.05) is 23.9 Å². The molecule has 1 fully saturated rings. The molecule has 1 N–H and O–H groups in total. The summed E-state index contributed by atoms with van der Waals surface area (Å²) in [6.07, 6.45) is 3.37. The van der Waals surface area contributed by atoms with Gasteiger partial charge in [-0.25, -0.2) is 0 Å². The zero-order valence-corrected chi connectivity index (χ0v) is 12.8. The maximum absolute atomic E-state index is 6.38. The molecule has 2 heterocycles. The minimum Gasteiger partial charge on any atom is -0.487 e. The molecule has 0 saturated carbocycles. The van der Waals surface area contributed by atoms with Gasteiger partial charge in [-0.05, 0) is 49.1 Å². The molecule has 1 unspecified atom stereocenters. The van der Waals surface area contributed by atoms with Gasteiger partial charge in [-0.2, -0.15) is 11.8 Å². The second kappa shape index (κ2) is 5.55. The summed E-state index contributed by atoms with van der Waals surface area (Å²) >= 11 is 8.17. The Labute approximate surface area is 124 Å². The molecule has 19 heavy (non-hydrogen) atoms. The van der Waals surface area contributed by atoms with Crippen molar-refractivity contribution in [2.45, 2.75) is 37.8 Å². The van der Waals surface area contributed by atoms with E-state index in [-0.39, 0.29) is 5.60 Å². The number of rotatable bonds is 2. The van der Waals surface area contributed by atoms with Crippen LogP contribution in [0.4, 0.5) is 0 Å². The van der Waals surface area contributed by atoms with E-state index < -0.39 is 0 Å². The SMILES string of the molecule is CCNC1CC2(CCSCC2)Oc2ccc(Cl)cc21. The molecule has 2 nitrogen and oxygen atoms in total. The summed E-state index contributed by atoms with van der Waals surface area (Å²) in [6, 6.07) is 6.38. The number of halogens is 1. The summed E-state index contributed by atoms with van der Waals surface area (Å²) in [5.41, 5.74) is 1.26. The maximum Gasteiger partial charge on any atom is 0.125 e. The maximum atomic E-state index is 6.38. The lowest BCUT2D eigenvalue weighted by Crippen LogP contribution is -2.46. The lowest BCUT2D eigenvalue weighted by atomic mass is 9.83. The largest absolute Gasteiger partial charge is 0.487 e. The van der Waals surface area contributed by atoms with Gasteiger partial charge in [-0.3, -0.25) is 0 Å². The molecule has 3 rings (SSSR count). The Morgan fingerprint density at radius 1 is 1.42 bits per heavy atom. The highest BCUT2D eigenvalue weighted by Crippen LogP contribution is 2.46. The van der Waals surface area contributed by atoms with Gasteiger partial charge in [0, 0.05) is 23.0 Å². The van der Waals surface area contributed by atoms with Crippen LogP contribution in [0.25, 0.3) is 0 Å². The highest BCUT2D eigenvalue weighted by Gasteiger charge is 2.41. The summed E-state index contributed by atoms with van der Waals surface area (Å²) in [5, 5.41) is 4.39. The quantitative estimate of drug-likeness (QED) is 0.890. The summed E-state index contributed by atoms with van der Waals surface area (Å²) < 4.78 is 6.38. The normalized spacial score (nSPS) is 24.8. The van der Waals surface area contributed by atoms with Crippen LogP contribution in [0.3, 0.4) is 0 Å². The molecule has 0 aliphatic carbocycles. The van der Waals surface area contributed by atoms with Crippen molar-refractivity contribution in [1.29, 1.82) is 0 Å². The van der Waals surface area contributed by atoms with Crippen molar-refractivity contribution in [3.8, 4) is 5.75 Å². The average molecular weight is 298 g/mol. The molecular formula is C15H20ClNOS. The Bertz CT molecular complexity index is 459. The number of hydrogen-bond acceptors (Lipinski definition) is 3. The fourth-order valence-corrected chi connectivity index (χ4v) is 4.54. The number of fused-ring (bicyclic) bond motifs is 1. The topological polar surface area (TPSA) is 21.3 Å². The van der Waals surface area contributed by atoms with Crippen molar-refractivity contribution >= 4 is 23.4 Å². The monoisotopic (exact) mass is 297 g/mol. The lowest BCUT2D eigenvalue weighted by Gasteiger charge is -2.44. The van der Waals surface area contributed by atoms with Crippen molar-refractivity contribution in [2.24, 2.45) is 0 Å². The smallest absolute Gasteiger partial charge is 0.125 e. The third-order valence-corrected chi connectivity index (χ3v) is 5.33. The third-order valence-electron chi connectivity index (χ3n) is 4.10. The Morgan fingerprint density at radius 3 is 2.95 bits per heavy atom. The Morgan fingerprint density at radius 2 is 2.21 bits per heavy atom. The highest BCUT2D eigenvalue weighted by atomic mass is 35.5. The van der Waals surface area contributed by atoms with E-state index in [1.165, 1.54) is 17.1 Å². The van der Waals surface area contributed by atoms with Crippen LogP contribution in [0, 0.1) is 0 Å². The lowest BCUT2D eigenvalue weighted by molar-refractivity contribution is 0.0228. The minimum atomic E-state index is 0.0406. The molecule has 0 amide bonds. The predicted octanol–water partition coefficient (Wildman–Crippen LogP) is 4.04. The number of nitrogens with one attached hydrogen (secondary N) is 1. The summed E-state index contributed by atoms with van der Waals surface area (Å²) in [5.74, 6) is 3.44. The van der Waals surface area contributed by atoms with Crippen LogP contribution in [-0.2, 0) is 0 Å². The first kappa shape index (κ1) is 13.6. The predicted molar refractivity (Wildman–Crippen MR) is 82.4 cm³/mol. The van der Waals surface area contributed by atoms with E-state index in [4.69, 9.17) is 16.3 Å². The van der Waals surface area contributed by atoms with Crippen LogP contribution < -0.4 is 10.1 Å². The molecule has 0 radical (unpaired) electrons. The van der Waals surface area contributed by atoms with Gasteiger partial charge in [0.2, 0.25) is 0 Å². The molecule has 1 atom stereocenters. The van der Waals surface area contributed by atoms with E-state index in [1.54, 1.807) is 0 Å². The number of hydrogen-bond donors (Lipinski definition) is 1. The van der Waals surface area contributed by atoms with Crippen LogP contribution in [-0.4, -0.2) is 23.7 Å². The molecule has 1 aromatic rings. The third kappa shape index (κ3) is 2.74. The molecule has 2 aliphatic heterocycles. The van der Waals surface area contributed by atoms with E-state index in [9.17, 15) is 0 Å². The van der Waals surface area contributed by atoms with Gasteiger partial charge in [0.1, 0.15) is 11.4 Å². The van der Waals surface area contributed by atoms with Crippen molar-refractivity contribution < 1.29 is 4.74 Å². The first-order chi connectivity index (χ1) is 9.22. The first-order valence-electron chi connectivity index (χ1n) is 7.02. The zero-order valence-electron chi connectivity index (χ0n) is 11.2. The van der Waals surface area contributed by atoms with Gasteiger partial charge >= 0.3 is 0 Å². The number of ether oxygens (including phenoxy) is 1. The highest BCUT2D eigenvalue weighted by molar-refractivity contribution is 7.99. The molecule has 0 aromatic heterocycles. The molecule has 104 valence electrons. The van der Waals surface area contributed by atoms with Gasteiger partial charge in [-0.1, -0.05) is 18.5 Å². The molecule has 4 heteroatoms. The second-order valence-electron chi connectivity index (χ2n) is 5.39. The van der Waals surface area contributed by atoms with E-state index in [2.05, 4.69) is 18.3 Å². The second-order valence-corrected chi connectivity index (χ2v) is 7.06. The van der Waals surface area contributed by atoms with Gasteiger partial charge in [-0.15, -0.1) is 0 Å². The molecule has 1 aromatic carbocycles. The molecule has 1 spiro atoms. The fourth-order valence-electron chi connectivity index (χ4n) is 3.12. The van der Waals surface area contributed by atoms with Crippen LogP contribution in [0.5, 0.6) is 5.75 Å². The number of thioether (sulfide) groups is 1. The van der Waals surface area contributed by atoms with Gasteiger partial charge in [0.15, 0.2) is 0 Å². The van der Waals surface area contributed by atoms with E-state index in [0.717, 1.165) is 36.6 Å². The minimum absolute atomic E-state index is 0.0406. The van der Waals surface area contributed by atoms with E-state index in [0.29, 0.717) is 6.04 Å². The number of benzene rings is 1. The summed E-state index contributed by atoms with van der Waals surface area (Å²) in [4.78, 5) is 0. The molecule has 0 bridgehead atoms. The zero-order chi connectivity index (χ0) is 13.3. The Kier molecular flexibility index (Phi) is 3.97. The summed E-state index contributed by atoms with van der Waals surface area (Å²) in [6.45, 7) is 3.13. The van der Waals surface area contributed by atoms with Crippen LogP contribution >= 0.6 is 23.4 Å². The average Bonchev–Trinajstić information content (AvgIpc) is 2.41. The van der Waals surface area contributed by atoms with Gasteiger partial charge in [0.25, 0.3) is 0 Å². The van der Waals surface area contributed by atoms with Crippen molar-refractivity contribution in [1.82, 2.24) is 5.32 Å². The Hall–Kier alpha value is -0.380. The molecule has 1 saturated heterocycles. The standard InChI is InChI=1S/C15H20ClNOS/c1-2-17-13-10-15(5-7-19-8-6-15)18-14-4-3-11(16)9-12(13)14/h3-4,9,13,17H,2,5-8,10H2,1H3. The molecule has 2 aliphatic rings. The van der Waals surface area contributed by atoms with E-state index >= 15 is 0 Å². The van der Waals surface area contributed by atoms with Crippen LogP contribution in [0.2, 0.25) is 5.02 Å². The Balaban J connectivity index is 1.94. The van der Waals surface area contributed by atoms with Crippen molar-refractivity contribution in [3.63, 3.8) is 0 Å². The van der Waals surface area contributed by atoms with Gasteiger partial charge < -0.3 is 10.1 Å². The molecular weight excluding hydrogens is 278 g/mol. The summed E-state index contributed by atoms with van der Waals surface area (Å²) in [7, 11) is 0.